The molecule has 0 saturated heterocycles. The fourth-order valence-corrected chi connectivity index (χ4v) is 1.51. The van der Waals surface area contributed by atoms with Gasteiger partial charge in [-0.3, -0.25) is 0 Å². The van der Waals surface area contributed by atoms with Crippen molar-refractivity contribution in [3.8, 4) is 0 Å². The Morgan fingerprint density at radius 2 is 1.57 bits per heavy atom. The van der Waals surface area contributed by atoms with Gasteiger partial charge in [0.2, 0.25) is 0 Å². The fourth-order valence-electron chi connectivity index (χ4n) is 1.51. The Hall–Kier alpha value is 0. The summed E-state index contributed by atoms with van der Waals surface area (Å²) in [7, 11) is 0. The van der Waals surface area contributed by atoms with E-state index < -0.39 is 0 Å². The van der Waals surface area contributed by atoms with Crippen molar-refractivity contribution in [3.05, 3.63) is 0 Å². The van der Waals surface area contributed by atoms with E-state index in [2.05, 4.69) is 20.8 Å². The molecule has 0 aromatic carbocycles. The van der Waals surface area contributed by atoms with E-state index in [1.807, 2.05) is 0 Å². The van der Waals surface area contributed by atoms with E-state index in [-0.39, 0.29) is 0 Å². The molecule has 0 aromatic rings. The molecule has 0 bridgehead atoms. The van der Waals surface area contributed by atoms with Gasteiger partial charge < -0.3 is 0 Å². The third-order valence-electron chi connectivity index (χ3n) is 2.51. The van der Waals surface area contributed by atoms with Crippen LogP contribution in [0.5, 0.6) is 0 Å². The highest BCUT2D eigenvalue weighted by Crippen LogP contribution is 2.47. The largest absolute Gasteiger partial charge is 0.0651 e. The molecule has 1 saturated carbocycles. The van der Waals surface area contributed by atoms with Crippen LogP contribution in [-0.4, -0.2) is 0 Å². The van der Waals surface area contributed by atoms with Crippen molar-refractivity contribution in [1.82, 2.24) is 0 Å². The standard InChI is InChI=1S/C7H14/c1-4-7-5(2)6(7)3/h5-7H,4H2,1-3H3/t5-,6?,7?/m0/s1. The maximum Gasteiger partial charge on any atom is -0.0360 e. The van der Waals surface area contributed by atoms with Gasteiger partial charge in [-0.1, -0.05) is 27.2 Å². The Bertz CT molecular complexity index is 58.4. The predicted octanol–water partition coefficient (Wildman–Crippen LogP) is 2.30. The first-order valence-electron chi connectivity index (χ1n) is 3.27. The zero-order chi connectivity index (χ0) is 5.44. The summed E-state index contributed by atoms with van der Waals surface area (Å²) in [5.41, 5.74) is 0. The van der Waals surface area contributed by atoms with Crippen molar-refractivity contribution in [2.24, 2.45) is 17.8 Å². The third kappa shape index (κ3) is 0.667. The summed E-state index contributed by atoms with van der Waals surface area (Å²) >= 11 is 0. The van der Waals surface area contributed by atoms with Gasteiger partial charge in [0.1, 0.15) is 0 Å². The smallest absolute Gasteiger partial charge is 0.0360 e. The Morgan fingerprint density at radius 3 is 1.57 bits per heavy atom. The van der Waals surface area contributed by atoms with E-state index in [4.69, 9.17) is 0 Å². The summed E-state index contributed by atoms with van der Waals surface area (Å²) in [4.78, 5) is 0. The van der Waals surface area contributed by atoms with Crippen LogP contribution >= 0.6 is 0 Å². The van der Waals surface area contributed by atoms with E-state index in [0.29, 0.717) is 0 Å². The molecule has 0 aliphatic heterocycles. The highest BCUT2D eigenvalue weighted by atomic mass is 14.5. The summed E-state index contributed by atoms with van der Waals surface area (Å²) in [5.74, 6) is 3.13. The van der Waals surface area contributed by atoms with Crippen LogP contribution in [0.15, 0.2) is 0 Å². The molecule has 0 N–H and O–H groups in total. The molecule has 0 aromatic heterocycles. The summed E-state index contributed by atoms with van der Waals surface area (Å²) < 4.78 is 0. The maximum atomic E-state index is 2.35. The van der Waals surface area contributed by atoms with Crippen molar-refractivity contribution in [2.75, 3.05) is 0 Å². The highest BCUT2D eigenvalue weighted by Gasteiger charge is 2.40. The van der Waals surface area contributed by atoms with Crippen LogP contribution in [0.1, 0.15) is 27.2 Å². The van der Waals surface area contributed by atoms with Crippen LogP contribution < -0.4 is 0 Å². The van der Waals surface area contributed by atoms with E-state index in [1.54, 1.807) is 0 Å². The Morgan fingerprint density at radius 1 is 1.14 bits per heavy atom. The lowest BCUT2D eigenvalue weighted by atomic mass is 10.3. The minimum Gasteiger partial charge on any atom is -0.0651 e. The van der Waals surface area contributed by atoms with E-state index >= 15 is 0 Å². The van der Waals surface area contributed by atoms with Gasteiger partial charge >= 0.3 is 0 Å². The lowest BCUT2D eigenvalue weighted by Gasteiger charge is -1.80. The highest BCUT2D eigenvalue weighted by molar-refractivity contribution is 4.89. The number of hydrogen-bond acceptors (Lipinski definition) is 0. The topological polar surface area (TPSA) is 0 Å². The average molecular weight is 98.2 g/mol. The zero-order valence-corrected chi connectivity index (χ0v) is 5.44. The van der Waals surface area contributed by atoms with Crippen LogP contribution in [0.25, 0.3) is 0 Å². The number of hydrogen-bond donors (Lipinski definition) is 0. The molecule has 1 aliphatic carbocycles. The SMILES string of the molecule is CCC1C(C)[C@@H]1C. The minimum absolute atomic E-state index is 1.03. The molecule has 3 atom stereocenters. The van der Waals surface area contributed by atoms with Crippen molar-refractivity contribution < 1.29 is 0 Å². The zero-order valence-electron chi connectivity index (χ0n) is 5.44. The lowest BCUT2D eigenvalue weighted by molar-refractivity contribution is 0.707. The van der Waals surface area contributed by atoms with Gasteiger partial charge in [-0.15, -0.1) is 0 Å². The molecule has 0 nitrogen and oxygen atoms in total. The van der Waals surface area contributed by atoms with Crippen LogP contribution in [0.4, 0.5) is 0 Å². The molecule has 0 radical (unpaired) electrons. The molecular weight excluding hydrogens is 84.1 g/mol. The normalized spacial score (nSPS) is 49.3. The van der Waals surface area contributed by atoms with Gasteiger partial charge in [0.15, 0.2) is 0 Å². The number of rotatable bonds is 1. The van der Waals surface area contributed by atoms with E-state index in [0.717, 1.165) is 17.8 Å². The lowest BCUT2D eigenvalue weighted by Crippen LogP contribution is -1.70. The average Bonchev–Trinajstić information content (AvgIpc) is 2.17. The van der Waals surface area contributed by atoms with Gasteiger partial charge in [0.25, 0.3) is 0 Å². The van der Waals surface area contributed by atoms with Gasteiger partial charge in [-0.05, 0) is 17.8 Å². The second-order valence-electron chi connectivity index (χ2n) is 2.79. The van der Waals surface area contributed by atoms with Crippen LogP contribution in [0, 0.1) is 17.8 Å². The van der Waals surface area contributed by atoms with Crippen molar-refractivity contribution >= 4 is 0 Å². The summed E-state index contributed by atoms with van der Waals surface area (Å²) in [6.45, 7) is 6.97. The summed E-state index contributed by atoms with van der Waals surface area (Å²) in [5, 5.41) is 0. The molecule has 0 spiro atoms. The molecule has 7 heavy (non-hydrogen) atoms. The molecular formula is C7H14. The fraction of sp³-hybridized carbons (Fsp3) is 1.00. The molecule has 0 heterocycles. The molecule has 0 amide bonds. The quantitative estimate of drug-likeness (QED) is 0.472. The van der Waals surface area contributed by atoms with Crippen LogP contribution in [0.2, 0.25) is 0 Å². The molecule has 2 unspecified atom stereocenters. The molecule has 1 aliphatic rings. The first-order chi connectivity index (χ1) is 3.27. The van der Waals surface area contributed by atoms with Gasteiger partial charge in [-0.2, -0.15) is 0 Å². The Labute approximate surface area is 45.9 Å². The minimum atomic E-state index is 1.03. The Kier molecular flexibility index (Phi) is 1.10. The molecule has 0 heteroatoms. The van der Waals surface area contributed by atoms with Crippen LogP contribution in [0.3, 0.4) is 0 Å². The first kappa shape index (κ1) is 5.14. The summed E-state index contributed by atoms with van der Waals surface area (Å²) in [6.07, 6.45) is 1.39. The summed E-state index contributed by atoms with van der Waals surface area (Å²) in [6, 6.07) is 0. The van der Waals surface area contributed by atoms with Gasteiger partial charge in [0, 0.05) is 0 Å². The molecule has 1 fully saturated rings. The van der Waals surface area contributed by atoms with Crippen molar-refractivity contribution in [1.29, 1.82) is 0 Å². The molecule has 1 rings (SSSR count). The van der Waals surface area contributed by atoms with Gasteiger partial charge in [0.05, 0.1) is 0 Å². The molecule has 42 valence electrons. The van der Waals surface area contributed by atoms with Gasteiger partial charge in [-0.25, -0.2) is 0 Å². The first-order valence-corrected chi connectivity index (χ1v) is 3.27. The second kappa shape index (κ2) is 1.50. The van der Waals surface area contributed by atoms with Crippen molar-refractivity contribution in [3.63, 3.8) is 0 Å². The van der Waals surface area contributed by atoms with Crippen LogP contribution in [-0.2, 0) is 0 Å². The Balaban J connectivity index is 2.24. The third-order valence-corrected chi connectivity index (χ3v) is 2.51. The maximum absolute atomic E-state index is 2.35. The van der Waals surface area contributed by atoms with E-state index in [9.17, 15) is 0 Å². The predicted molar refractivity (Wildman–Crippen MR) is 32.1 cm³/mol. The van der Waals surface area contributed by atoms with Crippen molar-refractivity contribution in [2.45, 2.75) is 27.2 Å². The monoisotopic (exact) mass is 98.1 g/mol. The van der Waals surface area contributed by atoms with E-state index in [1.165, 1.54) is 6.42 Å². The second-order valence-corrected chi connectivity index (χ2v) is 2.79.